The third-order valence-corrected chi connectivity index (χ3v) is 4.73. The molecular weight excluding hydrogens is 341 g/mol. The van der Waals surface area contributed by atoms with Crippen molar-refractivity contribution in [3.05, 3.63) is 46.2 Å². The number of carbonyl (C=O) groups excluding carboxylic acids is 1. The zero-order valence-corrected chi connectivity index (χ0v) is 13.4. The Balaban J connectivity index is 1.61. The summed E-state index contributed by atoms with van der Waals surface area (Å²) in [5, 5.41) is 4.74. The topological polar surface area (TPSA) is 41.6 Å². The smallest absolute Gasteiger partial charge is 0.404 e. The highest BCUT2D eigenvalue weighted by Crippen LogP contribution is 2.30. The van der Waals surface area contributed by atoms with E-state index >= 15 is 0 Å². The highest BCUT2D eigenvalue weighted by molar-refractivity contribution is 7.10. The molecule has 0 bridgehead atoms. The van der Waals surface area contributed by atoms with Crippen LogP contribution in [0.5, 0.6) is 5.75 Å². The van der Waals surface area contributed by atoms with Crippen molar-refractivity contribution in [2.45, 2.75) is 19.3 Å². The van der Waals surface area contributed by atoms with Crippen LogP contribution in [0.25, 0.3) is 0 Å². The molecule has 1 aliphatic rings. The number of alkyl halides is 3. The normalized spacial score (nSPS) is 14.2. The molecule has 0 radical (unpaired) electrons. The minimum atomic E-state index is -4.77. The van der Waals surface area contributed by atoms with Crippen LogP contribution in [0.1, 0.15) is 10.4 Å². The SMILES string of the molecule is O=C(CNc1ccccc1OC(F)(F)F)N1CCc2sccc2C1. The van der Waals surface area contributed by atoms with E-state index in [4.69, 9.17) is 0 Å². The number of hydrogen-bond acceptors (Lipinski definition) is 4. The monoisotopic (exact) mass is 356 g/mol. The Morgan fingerprint density at radius 3 is 2.88 bits per heavy atom. The van der Waals surface area contributed by atoms with Gasteiger partial charge in [0.05, 0.1) is 12.2 Å². The van der Waals surface area contributed by atoms with Crippen molar-refractivity contribution in [1.29, 1.82) is 0 Å². The van der Waals surface area contributed by atoms with E-state index in [0.29, 0.717) is 13.1 Å². The van der Waals surface area contributed by atoms with Gasteiger partial charge in [-0.05, 0) is 35.6 Å². The van der Waals surface area contributed by atoms with Gasteiger partial charge < -0.3 is 15.0 Å². The van der Waals surface area contributed by atoms with Crippen molar-refractivity contribution >= 4 is 22.9 Å². The molecule has 0 unspecified atom stereocenters. The second kappa shape index (κ2) is 6.72. The highest BCUT2D eigenvalue weighted by Gasteiger charge is 2.32. The molecule has 1 aromatic carbocycles. The third-order valence-electron chi connectivity index (χ3n) is 3.70. The number of anilines is 1. The molecule has 1 amide bonds. The fraction of sp³-hybridized carbons (Fsp3) is 0.312. The summed E-state index contributed by atoms with van der Waals surface area (Å²) in [5.74, 6) is -0.509. The summed E-state index contributed by atoms with van der Waals surface area (Å²) in [5.41, 5.74) is 1.27. The number of rotatable bonds is 4. The molecular formula is C16H15F3N2O2S. The number of nitrogens with one attached hydrogen (secondary N) is 1. The molecule has 1 N–H and O–H groups in total. The molecule has 0 aliphatic carbocycles. The van der Waals surface area contributed by atoms with E-state index in [1.54, 1.807) is 22.3 Å². The van der Waals surface area contributed by atoms with E-state index in [0.717, 1.165) is 12.0 Å². The summed E-state index contributed by atoms with van der Waals surface area (Å²) in [7, 11) is 0. The van der Waals surface area contributed by atoms with Gasteiger partial charge in [0.2, 0.25) is 5.91 Å². The lowest BCUT2D eigenvalue weighted by atomic mass is 10.1. The number of para-hydroxylation sites is 2. The van der Waals surface area contributed by atoms with Crippen LogP contribution >= 0.6 is 11.3 Å². The van der Waals surface area contributed by atoms with E-state index in [-0.39, 0.29) is 23.9 Å². The number of ether oxygens (including phenoxy) is 1. The first kappa shape index (κ1) is 16.6. The minimum Gasteiger partial charge on any atom is -0.404 e. The average Bonchev–Trinajstić information content (AvgIpc) is 2.99. The van der Waals surface area contributed by atoms with Gasteiger partial charge in [-0.15, -0.1) is 24.5 Å². The zero-order chi connectivity index (χ0) is 17.2. The Kier molecular flexibility index (Phi) is 4.66. The van der Waals surface area contributed by atoms with Crippen LogP contribution in [-0.4, -0.2) is 30.3 Å². The van der Waals surface area contributed by atoms with Gasteiger partial charge in [-0.2, -0.15) is 0 Å². The molecule has 0 fully saturated rings. The van der Waals surface area contributed by atoms with E-state index in [1.807, 2.05) is 11.4 Å². The quantitative estimate of drug-likeness (QED) is 0.909. The first-order chi connectivity index (χ1) is 11.4. The molecule has 24 heavy (non-hydrogen) atoms. The van der Waals surface area contributed by atoms with Crippen LogP contribution in [0.4, 0.5) is 18.9 Å². The van der Waals surface area contributed by atoms with Crippen molar-refractivity contribution in [2.24, 2.45) is 0 Å². The first-order valence-electron chi connectivity index (χ1n) is 7.34. The van der Waals surface area contributed by atoms with Crippen molar-refractivity contribution < 1.29 is 22.7 Å². The van der Waals surface area contributed by atoms with Gasteiger partial charge in [0.25, 0.3) is 0 Å². The van der Waals surface area contributed by atoms with E-state index in [1.165, 1.54) is 23.1 Å². The van der Waals surface area contributed by atoms with Crippen LogP contribution in [0.15, 0.2) is 35.7 Å². The molecule has 2 heterocycles. The van der Waals surface area contributed by atoms with Gasteiger partial charge in [0.1, 0.15) is 0 Å². The zero-order valence-electron chi connectivity index (χ0n) is 12.6. The largest absolute Gasteiger partial charge is 0.573 e. The van der Waals surface area contributed by atoms with Crippen molar-refractivity contribution in [3.63, 3.8) is 0 Å². The van der Waals surface area contributed by atoms with Crippen LogP contribution in [-0.2, 0) is 17.8 Å². The third kappa shape index (κ3) is 4.00. The summed E-state index contributed by atoms with van der Waals surface area (Å²) >= 11 is 1.68. The fourth-order valence-electron chi connectivity index (χ4n) is 2.57. The number of thiophene rings is 1. The standard InChI is InChI=1S/C16H15F3N2O2S/c17-16(18,19)23-13-4-2-1-3-12(13)20-9-15(22)21-7-5-14-11(10-21)6-8-24-14/h1-4,6,8,20H,5,7,9-10H2. The minimum absolute atomic E-state index is 0.0856. The number of hydrogen-bond donors (Lipinski definition) is 1. The van der Waals surface area contributed by atoms with Crippen LogP contribution in [0.3, 0.4) is 0 Å². The number of carbonyl (C=O) groups is 1. The maximum atomic E-state index is 12.4. The summed E-state index contributed by atoms with van der Waals surface area (Å²) in [6, 6.07) is 7.67. The summed E-state index contributed by atoms with van der Waals surface area (Å²) in [6.07, 6.45) is -3.96. The van der Waals surface area contributed by atoms with Gasteiger partial charge in [0.15, 0.2) is 5.75 Å². The van der Waals surface area contributed by atoms with Gasteiger partial charge >= 0.3 is 6.36 Å². The maximum Gasteiger partial charge on any atom is 0.573 e. The van der Waals surface area contributed by atoms with Crippen molar-refractivity contribution in [1.82, 2.24) is 4.90 Å². The first-order valence-corrected chi connectivity index (χ1v) is 8.22. The maximum absolute atomic E-state index is 12.4. The second-order valence-corrected chi connectivity index (χ2v) is 6.33. The number of fused-ring (bicyclic) bond motifs is 1. The highest BCUT2D eigenvalue weighted by atomic mass is 32.1. The molecule has 3 rings (SSSR count). The molecule has 0 atom stereocenters. The summed E-state index contributed by atoms with van der Waals surface area (Å²) < 4.78 is 41.2. The van der Waals surface area contributed by atoms with Gasteiger partial charge in [0, 0.05) is 18.0 Å². The van der Waals surface area contributed by atoms with E-state index < -0.39 is 6.36 Å². The average molecular weight is 356 g/mol. The molecule has 0 saturated carbocycles. The second-order valence-electron chi connectivity index (χ2n) is 5.33. The summed E-state index contributed by atoms with van der Waals surface area (Å²) in [4.78, 5) is 15.3. The predicted molar refractivity (Wildman–Crippen MR) is 85.1 cm³/mol. The number of amides is 1. The van der Waals surface area contributed by atoms with Gasteiger partial charge in [-0.25, -0.2) is 0 Å². The van der Waals surface area contributed by atoms with Crippen LogP contribution in [0, 0.1) is 0 Å². The van der Waals surface area contributed by atoms with E-state index in [9.17, 15) is 18.0 Å². The Bertz CT molecular complexity index is 730. The van der Waals surface area contributed by atoms with E-state index in [2.05, 4.69) is 10.1 Å². The molecule has 4 nitrogen and oxygen atoms in total. The van der Waals surface area contributed by atoms with Crippen LogP contribution in [0.2, 0.25) is 0 Å². The molecule has 1 aliphatic heterocycles. The Labute approximate surface area is 140 Å². The Hall–Kier alpha value is -2.22. The lowest BCUT2D eigenvalue weighted by Crippen LogP contribution is -2.38. The number of benzene rings is 1. The molecule has 0 spiro atoms. The fourth-order valence-corrected chi connectivity index (χ4v) is 3.46. The molecule has 1 aromatic heterocycles. The Morgan fingerprint density at radius 1 is 1.29 bits per heavy atom. The predicted octanol–water partition coefficient (Wildman–Crippen LogP) is 3.64. The van der Waals surface area contributed by atoms with Crippen LogP contribution < -0.4 is 10.1 Å². The van der Waals surface area contributed by atoms with Crippen molar-refractivity contribution in [2.75, 3.05) is 18.4 Å². The van der Waals surface area contributed by atoms with Crippen molar-refractivity contribution in [3.8, 4) is 5.75 Å². The van der Waals surface area contributed by atoms with Gasteiger partial charge in [-0.3, -0.25) is 4.79 Å². The molecule has 8 heteroatoms. The summed E-state index contributed by atoms with van der Waals surface area (Å²) in [6.45, 7) is 1.08. The lowest BCUT2D eigenvalue weighted by molar-refractivity contribution is -0.274. The lowest BCUT2D eigenvalue weighted by Gasteiger charge is -2.27. The number of nitrogens with zero attached hydrogens (tertiary/aromatic N) is 1. The molecule has 2 aromatic rings. The number of halogens is 3. The molecule has 0 saturated heterocycles. The van der Waals surface area contributed by atoms with Gasteiger partial charge in [-0.1, -0.05) is 12.1 Å². The molecule has 128 valence electrons. The Morgan fingerprint density at radius 2 is 2.08 bits per heavy atom.